The van der Waals surface area contributed by atoms with Gasteiger partial charge in [-0.15, -0.1) is 13.2 Å². The van der Waals surface area contributed by atoms with Gasteiger partial charge in [-0.2, -0.15) is 5.26 Å². The first-order valence-corrected chi connectivity index (χ1v) is 7.08. The SMILES string of the molecule is CC(C)(CCC#N)CNc1ccc(OC(F)(F)F)c(Br)c1. The van der Waals surface area contributed by atoms with E-state index in [2.05, 4.69) is 32.1 Å². The van der Waals surface area contributed by atoms with E-state index in [0.717, 1.165) is 6.42 Å². The van der Waals surface area contributed by atoms with E-state index in [-0.39, 0.29) is 15.6 Å². The lowest BCUT2D eigenvalue weighted by Gasteiger charge is -2.24. The van der Waals surface area contributed by atoms with Crippen molar-refractivity contribution >= 4 is 21.6 Å². The summed E-state index contributed by atoms with van der Waals surface area (Å²) in [5.74, 6) is -0.281. The minimum atomic E-state index is -4.71. The molecule has 1 aromatic rings. The summed E-state index contributed by atoms with van der Waals surface area (Å²) < 4.78 is 40.6. The van der Waals surface area contributed by atoms with Crippen molar-refractivity contribution < 1.29 is 17.9 Å². The molecular weight excluding hydrogens is 349 g/mol. The Labute approximate surface area is 130 Å². The minimum Gasteiger partial charge on any atom is -0.405 e. The van der Waals surface area contributed by atoms with Gasteiger partial charge in [-0.1, -0.05) is 13.8 Å². The molecule has 0 bridgehead atoms. The Morgan fingerprint density at radius 1 is 1.33 bits per heavy atom. The smallest absolute Gasteiger partial charge is 0.405 e. The Morgan fingerprint density at radius 2 is 2.00 bits per heavy atom. The quantitative estimate of drug-likeness (QED) is 0.764. The topological polar surface area (TPSA) is 45.0 Å². The van der Waals surface area contributed by atoms with Crippen molar-refractivity contribution in [1.82, 2.24) is 0 Å². The van der Waals surface area contributed by atoms with Gasteiger partial charge in [-0.3, -0.25) is 0 Å². The summed E-state index contributed by atoms with van der Waals surface area (Å²) in [5.41, 5.74) is 0.602. The molecule has 1 aromatic carbocycles. The minimum absolute atomic E-state index is 0.0800. The summed E-state index contributed by atoms with van der Waals surface area (Å²) in [7, 11) is 0. The van der Waals surface area contributed by atoms with Gasteiger partial charge in [0.05, 0.1) is 10.5 Å². The molecule has 0 spiro atoms. The largest absolute Gasteiger partial charge is 0.573 e. The van der Waals surface area contributed by atoms with E-state index in [9.17, 15) is 13.2 Å². The first-order chi connectivity index (χ1) is 9.63. The molecular formula is C14H16BrF3N2O. The van der Waals surface area contributed by atoms with Gasteiger partial charge in [0.2, 0.25) is 0 Å². The fourth-order valence-corrected chi connectivity index (χ4v) is 2.10. The Morgan fingerprint density at radius 3 is 2.52 bits per heavy atom. The van der Waals surface area contributed by atoms with Crippen molar-refractivity contribution in [3.05, 3.63) is 22.7 Å². The third-order valence-corrected chi connectivity index (χ3v) is 3.46. The molecule has 0 heterocycles. The number of hydrogen-bond acceptors (Lipinski definition) is 3. The molecule has 21 heavy (non-hydrogen) atoms. The van der Waals surface area contributed by atoms with Crippen LogP contribution >= 0.6 is 15.9 Å². The summed E-state index contributed by atoms with van der Waals surface area (Å²) in [6.45, 7) is 4.65. The molecule has 0 atom stereocenters. The molecule has 3 nitrogen and oxygen atoms in total. The fourth-order valence-electron chi connectivity index (χ4n) is 1.64. The van der Waals surface area contributed by atoms with Crippen LogP contribution in [0.1, 0.15) is 26.7 Å². The van der Waals surface area contributed by atoms with Gasteiger partial charge in [-0.25, -0.2) is 0 Å². The second-order valence-corrected chi connectivity index (χ2v) is 6.22. The zero-order valence-electron chi connectivity index (χ0n) is 11.7. The van der Waals surface area contributed by atoms with Crippen LogP contribution in [-0.4, -0.2) is 12.9 Å². The van der Waals surface area contributed by atoms with E-state index in [4.69, 9.17) is 5.26 Å². The van der Waals surface area contributed by atoms with E-state index in [1.165, 1.54) is 18.2 Å². The number of nitrogens with one attached hydrogen (secondary N) is 1. The van der Waals surface area contributed by atoms with Crippen molar-refractivity contribution in [3.63, 3.8) is 0 Å². The van der Waals surface area contributed by atoms with E-state index >= 15 is 0 Å². The Balaban J connectivity index is 2.66. The van der Waals surface area contributed by atoms with Crippen LogP contribution in [0.15, 0.2) is 22.7 Å². The van der Waals surface area contributed by atoms with E-state index in [1.54, 1.807) is 0 Å². The summed E-state index contributed by atoms with van der Waals surface area (Å²) in [4.78, 5) is 0. The van der Waals surface area contributed by atoms with Crippen LogP contribution in [0.2, 0.25) is 0 Å². The molecule has 0 aliphatic rings. The van der Waals surface area contributed by atoms with E-state index < -0.39 is 6.36 Å². The summed E-state index contributed by atoms with van der Waals surface area (Å²) >= 11 is 3.05. The molecule has 1 N–H and O–H groups in total. The van der Waals surface area contributed by atoms with Crippen LogP contribution in [0, 0.1) is 16.7 Å². The van der Waals surface area contributed by atoms with Crippen LogP contribution in [0.25, 0.3) is 0 Å². The molecule has 0 aliphatic heterocycles. The van der Waals surface area contributed by atoms with Gasteiger partial charge < -0.3 is 10.1 Å². The van der Waals surface area contributed by atoms with Crippen molar-refractivity contribution in [3.8, 4) is 11.8 Å². The van der Waals surface area contributed by atoms with Gasteiger partial charge in [0.1, 0.15) is 5.75 Å². The maximum atomic E-state index is 12.2. The molecule has 116 valence electrons. The zero-order chi connectivity index (χ0) is 16.1. The lowest BCUT2D eigenvalue weighted by molar-refractivity contribution is -0.274. The number of nitriles is 1. The van der Waals surface area contributed by atoms with Gasteiger partial charge in [0, 0.05) is 18.7 Å². The molecule has 0 aliphatic carbocycles. The number of hydrogen-bond donors (Lipinski definition) is 1. The van der Waals surface area contributed by atoms with Crippen molar-refractivity contribution in [1.29, 1.82) is 5.26 Å². The van der Waals surface area contributed by atoms with Crippen LogP contribution in [0.5, 0.6) is 5.75 Å². The molecule has 0 radical (unpaired) electrons. The standard InChI is InChI=1S/C14H16BrF3N2O/c1-13(2,6-3-7-19)9-20-10-4-5-12(11(15)8-10)21-14(16,17)18/h4-5,8,20H,3,6,9H2,1-2H3. The number of alkyl halides is 3. The molecule has 0 saturated heterocycles. The van der Waals surface area contributed by atoms with E-state index in [1.807, 2.05) is 13.8 Å². The number of nitrogens with zero attached hydrogens (tertiary/aromatic N) is 1. The number of ether oxygens (including phenoxy) is 1. The van der Waals surface area contributed by atoms with Gasteiger partial charge >= 0.3 is 6.36 Å². The molecule has 0 fully saturated rings. The molecule has 0 aromatic heterocycles. The highest BCUT2D eigenvalue weighted by Crippen LogP contribution is 2.33. The molecule has 0 unspecified atom stereocenters. The Hall–Kier alpha value is -1.42. The second kappa shape index (κ2) is 7.03. The number of anilines is 1. The van der Waals surface area contributed by atoms with Crippen LogP contribution in [-0.2, 0) is 0 Å². The molecule has 0 amide bonds. The maximum absolute atomic E-state index is 12.2. The third kappa shape index (κ3) is 6.71. The van der Waals surface area contributed by atoms with Crippen LogP contribution in [0.3, 0.4) is 0 Å². The molecule has 0 saturated carbocycles. The third-order valence-electron chi connectivity index (χ3n) is 2.84. The van der Waals surface area contributed by atoms with E-state index in [0.29, 0.717) is 18.7 Å². The first-order valence-electron chi connectivity index (χ1n) is 6.29. The summed E-state index contributed by atoms with van der Waals surface area (Å²) in [6, 6.07) is 6.40. The average Bonchev–Trinajstić information content (AvgIpc) is 2.36. The highest BCUT2D eigenvalue weighted by molar-refractivity contribution is 9.10. The highest BCUT2D eigenvalue weighted by Gasteiger charge is 2.32. The monoisotopic (exact) mass is 364 g/mol. The van der Waals surface area contributed by atoms with Crippen molar-refractivity contribution in [2.24, 2.45) is 5.41 Å². The van der Waals surface area contributed by atoms with Gasteiger partial charge in [0.15, 0.2) is 0 Å². The molecule has 1 rings (SSSR count). The normalized spacial score (nSPS) is 11.9. The fraction of sp³-hybridized carbons (Fsp3) is 0.500. The first kappa shape index (κ1) is 17.6. The lowest BCUT2D eigenvalue weighted by atomic mass is 9.88. The number of rotatable bonds is 6. The number of benzene rings is 1. The van der Waals surface area contributed by atoms with Gasteiger partial charge in [-0.05, 0) is 46.0 Å². The predicted octanol–water partition coefficient (Wildman–Crippen LogP) is 5.09. The zero-order valence-corrected chi connectivity index (χ0v) is 13.3. The van der Waals surface area contributed by atoms with Crippen LogP contribution in [0.4, 0.5) is 18.9 Å². The van der Waals surface area contributed by atoms with Gasteiger partial charge in [0.25, 0.3) is 0 Å². The Kier molecular flexibility index (Phi) is 5.90. The predicted molar refractivity (Wildman–Crippen MR) is 77.9 cm³/mol. The second-order valence-electron chi connectivity index (χ2n) is 5.37. The average molecular weight is 365 g/mol. The van der Waals surface area contributed by atoms with Crippen molar-refractivity contribution in [2.75, 3.05) is 11.9 Å². The summed E-state index contributed by atoms with van der Waals surface area (Å²) in [6.07, 6.45) is -3.50. The van der Waals surface area contributed by atoms with Crippen molar-refractivity contribution in [2.45, 2.75) is 33.1 Å². The maximum Gasteiger partial charge on any atom is 0.573 e. The number of halogens is 4. The lowest BCUT2D eigenvalue weighted by Crippen LogP contribution is -2.23. The van der Waals surface area contributed by atoms with Crippen LogP contribution < -0.4 is 10.1 Å². The Bertz CT molecular complexity index is 524. The highest BCUT2D eigenvalue weighted by atomic mass is 79.9. The molecule has 7 heteroatoms. The summed E-state index contributed by atoms with van der Waals surface area (Å²) in [5, 5.41) is 11.7.